The van der Waals surface area contributed by atoms with Crippen LogP contribution in [0.2, 0.25) is 0 Å². The molecule has 0 unspecified atom stereocenters. The van der Waals surface area contributed by atoms with Gasteiger partial charge in [0.05, 0.1) is 12.1 Å². The molecule has 0 heterocycles. The van der Waals surface area contributed by atoms with Crippen molar-refractivity contribution in [2.45, 2.75) is 26.9 Å². The minimum Gasteiger partial charge on any atom is -0.434 e. The van der Waals surface area contributed by atoms with Crippen LogP contribution >= 0.6 is 12.2 Å². The zero-order chi connectivity index (χ0) is 19.5. The van der Waals surface area contributed by atoms with E-state index in [4.69, 9.17) is 12.2 Å². The van der Waals surface area contributed by atoms with Gasteiger partial charge in [-0.2, -0.15) is 8.78 Å². The summed E-state index contributed by atoms with van der Waals surface area (Å²) in [7, 11) is 0. The molecule has 7 nitrogen and oxygen atoms in total. The highest BCUT2D eigenvalue weighted by Crippen LogP contribution is 2.19. The number of carbonyl (C=O) groups excluding carboxylic acids is 2. The van der Waals surface area contributed by atoms with E-state index in [9.17, 15) is 18.4 Å². The fourth-order valence-electron chi connectivity index (χ4n) is 1.80. The zero-order valence-corrected chi connectivity index (χ0v) is 15.3. The molecule has 2 amide bonds. The Kier molecular flexibility index (Phi) is 9.27. The molecule has 0 spiro atoms. The molecule has 0 aliphatic heterocycles. The van der Waals surface area contributed by atoms with Gasteiger partial charge < -0.3 is 15.4 Å². The first kappa shape index (κ1) is 21.6. The number of rotatable bonds is 8. The number of para-hydroxylation sites is 1. The number of hydrogen-bond acceptors (Lipinski definition) is 4. The molecule has 0 bridgehead atoms. The number of halogens is 2. The minimum atomic E-state index is -3.05. The summed E-state index contributed by atoms with van der Waals surface area (Å²) in [5.41, 5.74) is 4.72. The molecule has 1 rings (SSSR count). The van der Waals surface area contributed by atoms with Crippen LogP contribution in [0.15, 0.2) is 24.3 Å². The van der Waals surface area contributed by atoms with Gasteiger partial charge in [-0.1, -0.05) is 26.0 Å². The summed E-state index contributed by atoms with van der Waals surface area (Å²) in [6.07, 6.45) is 0.923. The Morgan fingerprint density at radius 3 is 2.50 bits per heavy atom. The van der Waals surface area contributed by atoms with E-state index in [2.05, 4.69) is 40.1 Å². The van der Waals surface area contributed by atoms with Crippen LogP contribution in [-0.4, -0.2) is 36.6 Å². The average molecular weight is 388 g/mol. The Bertz CT molecular complexity index is 629. The molecule has 0 saturated heterocycles. The summed E-state index contributed by atoms with van der Waals surface area (Å²) in [6.45, 7) is 1.39. The lowest BCUT2D eigenvalue weighted by atomic mass is 10.1. The molecule has 0 aliphatic rings. The van der Waals surface area contributed by atoms with Crippen molar-refractivity contribution in [2.75, 3.05) is 13.1 Å². The third kappa shape index (κ3) is 8.56. The van der Waals surface area contributed by atoms with Crippen LogP contribution in [0.25, 0.3) is 0 Å². The van der Waals surface area contributed by atoms with Gasteiger partial charge in [0, 0.05) is 6.54 Å². The van der Waals surface area contributed by atoms with Crippen molar-refractivity contribution in [2.24, 2.45) is 5.92 Å². The number of thiocarbonyl (C=S) groups is 1. The van der Waals surface area contributed by atoms with Crippen molar-refractivity contribution in [3.8, 4) is 5.75 Å². The van der Waals surface area contributed by atoms with E-state index in [1.54, 1.807) is 0 Å². The normalized spacial score (nSPS) is 10.4. The van der Waals surface area contributed by atoms with E-state index in [1.807, 2.05) is 0 Å². The molecule has 0 radical (unpaired) electrons. The molecular weight excluding hydrogens is 366 g/mol. The molecule has 26 heavy (non-hydrogen) atoms. The van der Waals surface area contributed by atoms with Crippen LogP contribution in [0.1, 0.15) is 30.6 Å². The van der Waals surface area contributed by atoms with Crippen LogP contribution in [-0.2, 0) is 4.79 Å². The topological polar surface area (TPSA) is 91.5 Å². The largest absolute Gasteiger partial charge is 0.434 e. The molecule has 0 aromatic heterocycles. The molecule has 1 aromatic rings. The van der Waals surface area contributed by atoms with Gasteiger partial charge in [-0.05, 0) is 36.7 Å². The Morgan fingerprint density at radius 1 is 1.15 bits per heavy atom. The number of carbonyl (C=O) groups is 2. The molecule has 144 valence electrons. The van der Waals surface area contributed by atoms with Crippen molar-refractivity contribution in [3.63, 3.8) is 0 Å². The van der Waals surface area contributed by atoms with Gasteiger partial charge in [0.15, 0.2) is 5.11 Å². The van der Waals surface area contributed by atoms with Crippen molar-refractivity contribution < 1.29 is 23.1 Å². The SMILES string of the molecule is CC(C)CCNC(=S)NNC(=O)CNC(=O)c1ccccc1OC(F)F. The van der Waals surface area contributed by atoms with Gasteiger partial charge in [0.1, 0.15) is 5.75 Å². The number of hydrogen-bond donors (Lipinski definition) is 4. The van der Waals surface area contributed by atoms with E-state index in [0.717, 1.165) is 6.42 Å². The maximum absolute atomic E-state index is 12.3. The molecular formula is C16H22F2N4O3S. The Hall–Kier alpha value is -2.49. The number of benzene rings is 1. The molecule has 0 fully saturated rings. The fourth-order valence-corrected chi connectivity index (χ4v) is 1.95. The highest BCUT2D eigenvalue weighted by Gasteiger charge is 2.15. The predicted octanol–water partition coefficient (Wildman–Crippen LogP) is 1.56. The standard InChI is InChI=1S/C16H22F2N4O3S/c1-10(2)7-8-19-16(26)22-21-13(23)9-20-14(24)11-5-3-4-6-12(11)25-15(17)18/h3-6,10,15H,7-9H2,1-2H3,(H,20,24)(H,21,23)(H2,19,22,26). The lowest BCUT2D eigenvalue weighted by Crippen LogP contribution is -2.50. The smallest absolute Gasteiger partial charge is 0.387 e. The second kappa shape index (κ2) is 11.2. The molecule has 0 aliphatic carbocycles. The van der Waals surface area contributed by atoms with Gasteiger partial charge in [-0.25, -0.2) is 0 Å². The van der Waals surface area contributed by atoms with E-state index >= 15 is 0 Å². The predicted molar refractivity (Wildman–Crippen MR) is 96.7 cm³/mol. The maximum atomic E-state index is 12.3. The van der Waals surface area contributed by atoms with Crippen LogP contribution in [0.4, 0.5) is 8.78 Å². The number of nitrogens with one attached hydrogen (secondary N) is 4. The number of alkyl halides is 2. The lowest BCUT2D eigenvalue weighted by molar-refractivity contribution is -0.120. The molecule has 1 aromatic carbocycles. The summed E-state index contributed by atoms with van der Waals surface area (Å²) < 4.78 is 29.0. The first-order chi connectivity index (χ1) is 12.3. The second-order valence-electron chi connectivity index (χ2n) is 5.67. The fraction of sp³-hybridized carbons (Fsp3) is 0.438. The van der Waals surface area contributed by atoms with Gasteiger partial charge in [0.2, 0.25) is 0 Å². The lowest BCUT2D eigenvalue weighted by Gasteiger charge is -2.13. The molecule has 0 atom stereocenters. The molecule has 10 heteroatoms. The van der Waals surface area contributed by atoms with Gasteiger partial charge >= 0.3 is 6.61 Å². The van der Waals surface area contributed by atoms with E-state index in [-0.39, 0.29) is 23.0 Å². The Balaban J connectivity index is 2.39. The summed E-state index contributed by atoms with van der Waals surface area (Å²) in [5.74, 6) is -1.02. The summed E-state index contributed by atoms with van der Waals surface area (Å²) in [4.78, 5) is 23.7. The highest BCUT2D eigenvalue weighted by atomic mass is 32.1. The average Bonchev–Trinajstić information content (AvgIpc) is 2.57. The van der Waals surface area contributed by atoms with E-state index in [0.29, 0.717) is 12.5 Å². The van der Waals surface area contributed by atoms with Crippen LogP contribution in [0.5, 0.6) is 5.75 Å². The van der Waals surface area contributed by atoms with Gasteiger partial charge in [-0.3, -0.25) is 20.4 Å². The Morgan fingerprint density at radius 2 is 1.85 bits per heavy atom. The number of hydrazine groups is 1. The first-order valence-corrected chi connectivity index (χ1v) is 8.35. The summed E-state index contributed by atoms with van der Waals surface area (Å²) in [6, 6.07) is 5.51. The van der Waals surface area contributed by atoms with Crippen LogP contribution in [0, 0.1) is 5.92 Å². The van der Waals surface area contributed by atoms with Crippen LogP contribution in [0.3, 0.4) is 0 Å². The molecule has 4 N–H and O–H groups in total. The second-order valence-corrected chi connectivity index (χ2v) is 6.08. The van der Waals surface area contributed by atoms with Gasteiger partial charge in [0.25, 0.3) is 11.8 Å². The van der Waals surface area contributed by atoms with Crippen molar-refractivity contribution in [3.05, 3.63) is 29.8 Å². The van der Waals surface area contributed by atoms with Crippen molar-refractivity contribution in [1.82, 2.24) is 21.5 Å². The Labute approximate surface area is 155 Å². The highest BCUT2D eigenvalue weighted by molar-refractivity contribution is 7.80. The maximum Gasteiger partial charge on any atom is 0.387 e. The van der Waals surface area contributed by atoms with Crippen LogP contribution < -0.4 is 26.2 Å². The number of amides is 2. The van der Waals surface area contributed by atoms with Crippen molar-refractivity contribution >= 4 is 29.1 Å². The van der Waals surface area contributed by atoms with Crippen molar-refractivity contribution in [1.29, 1.82) is 0 Å². The first-order valence-electron chi connectivity index (χ1n) is 7.94. The molecule has 0 saturated carbocycles. The quantitative estimate of drug-likeness (QED) is 0.399. The zero-order valence-electron chi connectivity index (χ0n) is 14.5. The van der Waals surface area contributed by atoms with E-state index in [1.165, 1.54) is 24.3 Å². The van der Waals surface area contributed by atoms with E-state index < -0.39 is 18.4 Å². The number of ether oxygens (including phenoxy) is 1. The van der Waals surface area contributed by atoms with Gasteiger partial charge in [-0.15, -0.1) is 0 Å². The minimum absolute atomic E-state index is 0.0977. The monoisotopic (exact) mass is 388 g/mol. The summed E-state index contributed by atoms with van der Waals surface area (Å²) >= 11 is 4.98. The third-order valence-electron chi connectivity index (χ3n) is 3.08. The third-order valence-corrected chi connectivity index (χ3v) is 3.33. The summed E-state index contributed by atoms with van der Waals surface area (Å²) in [5, 5.41) is 5.48.